The number of benzene rings is 3. The number of nitrogens with zero attached hydrogens (tertiary/aromatic N) is 1. The first-order chi connectivity index (χ1) is 15.8. The zero-order valence-electron chi connectivity index (χ0n) is 18.7. The van der Waals surface area contributed by atoms with Gasteiger partial charge in [0, 0.05) is 21.3 Å². The minimum atomic E-state index is -0.414. The number of halogens is 2. The quantitative estimate of drug-likeness (QED) is 0.329. The SMILES string of the molecule is CCOC(=O)c1ccc(N(Cc2ccc(Cl)cc2Cl)C(=O)c2ccc(OC(C)C)cc2)cc1. The van der Waals surface area contributed by atoms with Crippen molar-refractivity contribution in [3.63, 3.8) is 0 Å². The predicted molar refractivity (Wildman–Crippen MR) is 132 cm³/mol. The Morgan fingerprint density at radius 3 is 2.12 bits per heavy atom. The van der Waals surface area contributed by atoms with Crippen molar-refractivity contribution in [2.24, 2.45) is 0 Å². The van der Waals surface area contributed by atoms with E-state index in [2.05, 4.69) is 0 Å². The van der Waals surface area contributed by atoms with Crippen molar-refractivity contribution in [3.05, 3.63) is 93.5 Å². The molecular formula is C26H25Cl2NO4. The molecule has 0 unspecified atom stereocenters. The lowest BCUT2D eigenvalue weighted by Crippen LogP contribution is -2.30. The first-order valence-electron chi connectivity index (χ1n) is 10.6. The van der Waals surface area contributed by atoms with Crippen LogP contribution in [0.3, 0.4) is 0 Å². The molecule has 0 saturated heterocycles. The number of carbonyl (C=O) groups excluding carboxylic acids is 2. The van der Waals surface area contributed by atoms with E-state index in [0.29, 0.717) is 32.6 Å². The molecule has 0 spiro atoms. The molecule has 0 heterocycles. The summed E-state index contributed by atoms with van der Waals surface area (Å²) in [7, 11) is 0. The van der Waals surface area contributed by atoms with Crippen molar-refractivity contribution in [2.45, 2.75) is 33.4 Å². The summed E-state index contributed by atoms with van der Waals surface area (Å²) in [5, 5.41) is 0.977. The highest BCUT2D eigenvalue weighted by atomic mass is 35.5. The third kappa shape index (κ3) is 6.50. The van der Waals surface area contributed by atoms with E-state index < -0.39 is 5.97 Å². The fraction of sp³-hybridized carbons (Fsp3) is 0.231. The van der Waals surface area contributed by atoms with Gasteiger partial charge < -0.3 is 14.4 Å². The molecule has 33 heavy (non-hydrogen) atoms. The summed E-state index contributed by atoms with van der Waals surface area (Å²) >= 11 is 12.4. The lowest BCUT2D eigenvalue weighted by atomic mass is 10.1. The number of hydrogen-bond donors (Lipinski definition) is 0. The number of esters is 1. The maximum atomic E-state index is 13.5. The van der Waals surface area contributed by atoms with Crippen molar-refractivity contribution in [2.75, 3.05) is 11.5 Å². The van der Waals surface area contributed by atoms with Gasteiger partial charge in [-0.05, 0) is 87.0 Å². The summed E-state index contributed by atoms with van der Waals surface area (Å²) < 4.78 is 10.7. The zero-order valence-corrected chi connectivity index (χ0v) is 20.2. The molecule has 7 heteroatoms. The molecule has 0 bridgehead atoms. The van der Waals surface area contributed by atoms with Crippen molar-refractivity contribution >= 4 is 40.8 Å². The monoisotopic (exact) mass is 485 g/mol. The van der Waals surface area contributed by atoms with Crippen molar-refractivity contribution in [3.8, 4) is 5.75 Å². The maximum absolute atomic E-state index is 13.5. The molecule has 0 aromatic heterocycles. The summed E-state index contributed by atoms with van der Waals surface area (Å²) in [4.78, 5) is 27.1. The standard InChI is InChI=1S/C26H25Cl2NO4/c1-4-32-26(31)19-6-11-22(12-7-19)29(16-20-5-10-21(27)15-24(20)28)25(30)18-8-13-23(14-9-18)33-17(2)3/h5-15,17H,4,16H2,1-3H3. The van der Waals surface area contributed by atoms with Crippen LogP contribution in [0.2, 0.25) is 10.0 Å². The second kappa shape index (κ2) is 11.2. The number of rotatable bonds is 8. The lowest BCUT2D eigenvalue weighted by molar-refractivity contribution is 0.0526. The second-order valence-electron chi connectivity index (χ2n) is 7.59. The van der Waals surface area contributed by atoms with Crippen LogP contribution in [-0.2, 0) is 11.3 Å². The summed E-state index contributed by atoms with van der Waals surface area (Å²) in [6, 6.07) is 18.8. The van der Waals surface area contributed by atoms with Crippen LogP contribution in [0.4, 0.5) is 5.69 Å². The van der Waals surface area contributed by atoms with Gasteiger partial charge in [0.1, 0.15) is 5.75 Å². The number of carbonyl (C=O) groups is 2. The molecule has 0 atom stereocenters. The Bertz CT molecular complexity index is 1110. The zero-order chi connectivity index (χ0) is 24.0. The summed E-state index contributed by atoms with van der Waals surface area (Å²) in [6.07, 6.45) is 0.0352. The van der Waals surface area contributed by atoms with Gasteiger partial charge in [-0.3, -0.25) is 4.79 Å². The molecular weight excluding hydrogens is 461 g/mol. The fourth-order valence-electron chi connectivity index (χ4n) is 3.20. The number of ether oxygens (including phenoxy) is 2. The fourth-order valence-corrected chi connectivity index (χ4v) is 3.66. The van der Waals surface area contributed by atoms with Crippen LogP contribution in [0.25, 0.3) is 0 Å². The van der Waals surface area contributed by atoms with Gasteiger partial charge in [0.25, 0.3) is 5.91 Å². The maximum Gasteiger partial charge on any atom is 0.338 e. The van der Waals surface area contributed by atoms with E-state index in [0.717, 1.165) is 5.56 Å². The van der Waals surface area contributed by atoms with E-state index in [4.69, 9.17) is 32.7 Å². The molecule has 0 N–H and O–H groups in total. The lowest BCUT2D eigenvalue weighted by Gasteiger charge is -2.24. The number of anilines is 1. The minimum absolute atomic E-state index is 0.0352. The van der Waals surface area contributed by atoms with Crippen LogP contribution in [0, 0.1) is 0 Å². The van der Waals surface area contributed by atoms with Crippen LogP contribution in [0.5, 0.6) is 5.75 Å². The van der Waals surface area contributed by atoms with Crippen LogP contribution < -0.4 is 9.64 Å². The van der Waals surface area contributed by atoms with Gasteiger partial charge in [-0.25, -0.2) is 4.79 Å². The molecule has 0 saturated carbocycles. The molecule has 1 amide bonds. The summed E-state index contributed by atoms with van der Waals surface area (Å²) in [5.41, 5.74) is 2.25. The van der Waals surface area contributed by atoms with E-state index >= 15 is 0 Å². The summed E-state index contributed by atoms with van der Waals surface area (Å²) in [6.45, 7) is 6.14. The summed E-state index contributed by atoms with van der Waals surface area (Å²) in [5.74, 6) is 0.0528. The smallest absolute Gasteiger partial charge is 0.338 e. The van der Waals surface area contributed by atoms with Crippen LogP contribution in [0.1, 0.15) is 47.1 Å². The predicted octanol–water partition coefficient (Wildman–Crippen LogP) is 6.80. The molecule has 3 aromatic rings. The first kappa shape index (κ1) is 24.6. The van der Waals surface area contributed by atoms with Crippen molar-refractivity contribution in [1.82, 2.24) is 0 Å². The Labute approximate surface area is 203 Å². The average molecular weight is 486 g/mol. The topological polar surface area (TPSA) is 55.8 Å². The third-order valence-electron chi connectivity index (χ3n) is 4.75. The third-order valence-corrected chi connectivity index (χ3v) is 5.34. The first-order valence-corrected chi connectivity index (χ1v) is 11.3. The number of hydrogen-bond acceptors (Lipinski definition) is 4. The van der Waals surface area contributed by atoms with Gasteiger partial charge in [-0.2, -0.15) is 0 Å². The van der Waals surface area contributed by atoms with Crippen molar-refractivity contribution in [1.29, 1.82) is 0 Å². The Morgan fingerprint density at radius 2 is 1.55 bits per heavy atom. The van der Waals surface area contributed by atoms with E-state index in [1.165, 1.54) is 0 Å². The van der Waals surface area contributed by atoms with Gasteiger partial charge >= 0.3 is 5.97 Å². The highest BCUT2D eigenvalue weighted by molar-refractivity contribution is 6.35. The molecule has 3 aromatic carbocycles. The normalized spacial score (nSPS) is 10.7. The van der Waals surface area contributed by atoms with E-state index in [-0.39, 0.29) is 25.2 Å². The van der Waals surface area contributed by atoms with Crippen LogP contribution in [0.15, 0.2) is 66.7 Å². The van der Waals surface area contributed by atoms with Crippen LogP contribution >= 0.6 is 23.2 Å². The molecule has 3 rings (SSSR count). The molecule has 0 aliphatic heterocycles. The molecule has 0 aliphatic rings. The highest BCUT2D eigenvalue weighted by Crippen LogP contribution is 2.27. The van der Waals surface area contributed by atoms with E-state index in [1.54, 1.807) is 78.6 Å². The Morgan fingerprint density at radius 1 is 0.909 bits per heavy atom. The molecule has 172 valence electrons. The molecule has 0 aliphatic carbocycles. The van der Waals surface area contributed by atoms with Gasteiger partial charge in [0.05, 0.1) is 24.8 Å². The molecule has 0 fully saturated rings. The number of amides is 1. The Balaban J connectivity index is 1.94. The average Bonchev–Trinajstić information content (AvgIpc) is 2.79. The minimum Gasteiger partial charge on any atom is -0.491 e. The van der Waals surface area contributed by atoms with Crippen molar-refractivity contribution < 1.29 is 19.1 Å². The van der Waals surface area contributed by atoms with Gasteiger partial charge in [-0.15, -0.1) is 0 Å². The highest BCUT2D eigenvalue weighted by Gasteiger charge is 2.20. The van der Waals surface area contributed by atoms with Gasteiger partial charge in [0.2, 0.25) is 0 Å². The van der Waals surface area contributed by atoms with E-state index in [1.807, 2.05) is 13.8 Å². The molecule has 0 radical (unpaired) electrons. The Kier molecular flexibility index (Phi) is 8.37. The van der Waals surface area contributed by atoms with Gasteiger partial charge in [0.15, 0.2) is 0 Å². The molecule has 5 nitrogen and oxygen atoms in total. The van der Waals surface area contributed by atoms with Crippen LogP contribution in [-0.4, -0.2) is 24.6 Å². The Hall–Kier alpha value is -3.02. The van der Waals surface area contributed by atoms with Gasteiger partial charge in [-0.1, -0.05) is 29.3 Å². The van der Waals surface area contributed by atoms with E-state index in [9.17, 15) is 9.59 Å². The second-order valence-corrected chi connectivity index (χ2v) is 8.43. The largest absolute Gasteiger partial charge is 0.491 e.